The van der Waals surface area contributed by atoms with Crippen LogP contribution >= 0.6 is 0 Å². The van der Waals surface area contributed by atoms with E-state index in [0.29, 0.717) is 6.04 Å². The van der Waals surface area contributed by atoms with Crippen LogP contribution in [0.25, 0.3) is 11.0 Å². The highest BCUT2D eigenvalue weighted by molar-refractivity contribution is 5.76. The Balaban J connectivity index is 2.07. The molecule has 0 spiro atoms. The number of rotatable bonds is 4. The molecular weight excluding hydrogens is 198 g/mol. The van der Waals surface area contributed by atoms with Crippen molar-refractivity contribution in [3.8, 4) is 0 Å². The van der Waals surface area contributed by atoms with Crippen LogP contribution in [0.1, 0.15) is 31.1 Å². The van der Waals surface area contributed by atoms with Crippen molar-refractivity contribution in [2.24, 2.45) is 5.73 Å². The molecule has 1 heterocycles. The van der Waals surface area contributed by atoms with Crippen molar-refractivity contribution in [3.63, 3.8) is 0 Å². The van der Waals surface area contributed by atoms with Crippen LogP contribution in [0, 0.1) is 0 Å². The van der Waals surface area contributed by atoms with Gasteiger partial charge in [0, 0.05) is 12.5 Å². The monoisotopic (exact) mass is 215 g/mol. The van der Waals surface area contributed by atoms with Gasteiger partial charge in [-0.1, -0.05) is 12.1 Å². The number of fused-ring (bicyclic) bond motifs is 1. The summed E-state index contributed by atoms with van der Waals surface area (Å²) >= 11 is 0. The maximum Gasteiger partial charge on any atom is 0.110 e. The lowest BCUT2D eigenvalue weighted by atomic mass is 10.3. The average Bonchev–Trinajstić information content (AvgIpc) is 3.07. The lowest BCUT2D eigenvalue weighted by Gasteiger charge is -2.06. The third-order valence-corrected chi connectivity index (χ3v) is 3.19. The topological polar surface area (TPSA) is 43.8 Å². The molecule has 0 unspecified atom stereocenters. The Hall–Kier alpha value is -1.35. The molecule has 0 aliphatic heterocycles. The molecule has 1 aliphatic carbocycles. The number of nitrogens with two attached hydrogens (primary N) is 1. The van der Waals surface area contributed by atoms with Crippen LogP contribution in [0.4, 0.5) is 0 Å². The van der Waals surface area contributed by atoms with E-state index in [1.54, 1.807) is 0 Å². The highest BCUT2D eigenvalue weighted by atomic mass is 15.1. The van der Waals surface area contributed by atoms with Crippen LogP contribution in [0.2, 0.25) is 0 Å². The van der Waals surface area contributed by atoms with Gasteiger partial charge >= 0.3 is 0 Å². The van der Waals surface area contributed by atoms with Gasteiger partial charge in [-0.3, -0.25) is 0 Å². The van der Waals surface area contributed by atoms with Crippen molar-refractivity contribution in [2.75, 3.05) is 6.54 Å². The summed E-state index contributed by atoms with van der Waals surface area (Å²) in [4.78, 5) is 4.72. The summed E-state index contributed by atoms with van der Waals surface area (Å²) in [7, 11) is 0. The molecule has 2 N–H and O–H groups in total. The molecule has 1 aliphatic rings. The van der Waals surface area contributed by atoms with Crippen molar-refractivity contribution in [1.29, 1.82) is 0 Å². The summed E-state index contributed by atoms with van der Waals surface area (Å²) in [5.41, 5.74) is 7.99. The molecule has 0 radical (unpaired) electrons. The first-order valence-electron chi connectivity index (χ1n) is 6.06. The summed E-state index contributed by atoms with van der Waals surface area (Å²) < 4.78 is 2.42. The molecule has 16 heavy (non-hydrogen) atoms. The van der Waals surface area contributed by atoms with Crippen molar-refractivity contribution in [1.82, 2.24) is 9.55 Å². The number of hydrogen-bond acceptors (Lipinski definition) is 2. The Morgan fingerprint density at radius 3 is 2.88 bits per heavy atom. The molecule has 0 bridgehead atoms. The minimum Gasteiger partial charge on any atom is -0.330 e. The summed E-state index contributed by atoms with van der Waals surface area (Å²) in [6, 6.07) is 9.11. The van der Waals surface area contributed by atoms with Gasteiger partial charge in [0.2, 0.25) is 0 Å². The highest BCUT2D eigenvalue weighted by Gasteiger charge is 2.27. The Morgan fingerprint density at radius 2 is 2.12 bits per heavy atom. The van der Waals surface area contributed by atoms with Crippen LogP contribution < -0.4 is 5.73 Å². The summed E-state index contributed by atoms with van der Waals surface area (Å²) in [6.07, 6.45) is 4.63. The zero-order valence-electron chi connectivity index (χ0n) is 9.39. The van der Waals surface area contributed by atoms with Crippen molar-refractivity contribution in [3.05, 3.63) is 30.1 Å². The van der Waals surface area contributed by atoms with Gasteiger partial charge in [-0.15, -0.1) is 0 Å². The maximum atomic E-state index is 5.58. The molecule has 0 amide bonds. The van der Waals surface area contributed by atoms with E-state index < -0.39 is 0 Å². The van der Waals surface area contributed by atoms with Gasteiger partial charge < -0.3 is 10.3 Å². The minimum atomic E-state index is 0.695. The van der Waals surface area contributed by atoms with E-state index in [1.807, 2.05) is 0 Å². The molecular formula is C13H17N3. The number of benzene rings is 1. The second-order valence-corrected chi connectivity index (χ2v) is 4.51. The lowest BCUT2D eigenvalue weighted by molar-refractivity contribution is 0.674. The largest absolute Gasteiger partial charge is 0.330 e. The standard InChI is InChI=1S/C13H17N3/c14-9-3-6-13-15-11-4-1-2-5-12(11)16(13)10-7-8-10/h1-2,4-5,10H,3,6-9,14H2. The maximum absolute atomic E-state index is 5.58. The second-order valence-electron chi connectivity index (χ2n) is 4.51. The van der Waals surface area contributed by atoms with Gasteiger partial charge in [0.15, 0.2) is 0 Å². The Bertz CT molecular complexity index is 497. The van der Waals surface area contributed by atoms with Crippen LogP contribution in [0.15, 0.2) is 24.3 Å². The fraction of sp³-hybridized carbons (Fsp3) is 0.462. The van der Waals surface area contributed by atoms with Gasteiger partial charge in [0.1, 0.15) is 5.82 Å². The smallest absolute Gasteiger partial charge is 0.110 e. The molecule has 1 saturated carbocycles. The number of para-hydroxylation sites is 2. The lowest BCUT2D eigenvalue weighted by Crippen LogP contribution is -2.06. The first kappa shape index (κ1) is 9.85. The molecule has 1 fully saturated rings. The fourth-order valence-electron chi connectivity index (χ4n) is 2.27. The molecule has 0 atom stereocenters. The highest BCUT2D eigenvalue weighted by Crippen LogP contribution is 2.38. The van der Waals surface area contributed by atoms with Gasteiger partial charge in [0.25, 0.3) is 0 Å². The van der Waals surface area contributed by atoms with E-state index in [2.05, 4.69) is 28.8 Å². The van der Waals surface area contributed by atoms with Gasteiger partial charge in [-0.2, -0.15) is 0 Å². The number of imidazole rings is 1. The van der Waals surface area contributed by atoms with E-state index in [1.165, 1.54) is 24.2 Å². The van der Waals surface area contributed by atoms with E-state index in [0.717, 1.165) is 24.9 Å². The molecule has 1 aromatic carbocycles. The average molecular weight is 215 g/mol. The Labute approximate surface area is 95.3 Å². The van der Waals surface area contributed by atoms with Crippen LogP contribution in [0.3, 0.4) is 0 Å². The second kappa shape index (κ2) is 3.91. The number of nitrogens with zero attached hydrogens (tertiary/aromatic N) is 2. The third kappa shape index (κ3) is 1.61. The molecule has 84 valence electrons. The molecule has 0 saturated heterocycles. The number of hydrogen-bond donors (Lipinski definition) is 1. The van der Waals surface area contributed by atoms with Crippen molar-refractivity contribution in [2.45, 2.75) is 31.7 Å². The quantitative estimate of drug-likeness (QED) is 0.850. The SMILES string of the molecule is NCCCc1nc2ccccc2n1C1CC1. The van der Waals surface area contributed by atoms with E-state index >= 15 is 0 Å². The number of aromatic nitrogens is 2. The van der Waals surface area contributed by atoms with E-state index in [9.17, 15) is 0 Å². The third-order valence-electron chi connectivity index (χ3n) is 3.19. The summed E-state index contributed by atoms with van der Waals surface area (Å²) in [5.74, 6) is 1.22. The zero-order chi connectivity index (χ0) is 11.0. The van der Waals surface area contributed by atoms with E-state index in [-0.39, 0.29) is 0 Å². The number of aryl methyl sites for hydroxylation is 1. The van der Waals surface area contributed by atoms with Crippen LogP contribution in [0.5, 0.6) is 0 Å². The molecule has 1 aromatic heterocycles. The Kier molecular flexibility index (Phi) is 2.40. The molecule has 3 nitrogen and oxygen atoms in total. The van der Waals surface area contributed by atoms with Gasteiger partial charge in [-0.25, -0.2) is 4.98 Å². The van der Waals surface area contributed by atoms with Crippen molar-refractivity contribution < 1.29 is 0 Å². The van der Waals surface area contributed by atoms with Crippen LogP contribution in [-0.4, -0.2) is 16.1 Å². The predicted octanol–water partition coefficient (Wildman–Crippen LogP) is 2.26. The van der Waals surface area contributed by atoms with Gasteiger partial charge in [0.05, 0.1) is 11.0 Å². The zero-order valence-corrected chi connectivity index (χ0v) is 9.39. The van der Waals surface area contributed by atoms with E-state index in [4.69, 9.17) is 10.7 Å². The summed E-state index contributed by atoms with van der Waals surface area (Å²) in [6.45, 7) is 0.744. The normalized spacial score (nSPS) is 15.8. The van der Waals surface area contributed by atoms with Crippen molar-refractivity contribution >= 4 is 11.0 Å². The van der Waals surface area contributed by atoms with Gasteiger partial charge in [-0.05, 0) is 37.9 Å². The molecule has 3 heteroatoms. The fourth-order valence-corrected chi connectivity index (χ4v) is 2.27. The molecule has 3 rings (SSSR count). The first-order chi connectivity index (χ1) is 7.90. The van der Waals surface area contributed by atoms with Crippen LogP contribution in [-0.2, 0) is 6.42 Å². The Morgan fingerprint density at radius 1 is 1.31 bits per heavy atom. The summed E-state index contributed by atoms with van der Waals surface area (Å²) in [5, 5.41) is 0. The predicted molar refractivity (Wildman–Crippen MR) is 65.4 cm³/mol. The minimum absolute atomic E-state index is 0.695. The molecule has 2 aromatic rings. The first-order valence-corrected chi connectivity index (χ1v) is 6.06.